The molecule has 16 heteroatoms. The number of alkyl halides is 3. The number of halogens is 4. The zero-order valence-electron chi connectivity index (χ0n) is 23.9. The predicted molar refractivity (Wildman–Crippen MR) is 149 cm³/mol. The minimum Gasteiger partial charge on any atom is -0.358 e. The fraction of sp³-hybridized carbons (Fsp3) is 0.310. The zero-order chi connectivity index (χ0) is 32.7. The molecule has 2 atom stereocenters. The first-order valence-electron chi connectivity index (χ1n) is 13.6. The molecule has 1 fully saturated rings. The van der Waals surface area contributed by atoms with Crippen LogP contribution in [0.3, 0.4) is 0 Å². The van der Waals surface area contributed by atoms with E-state index >= 15 is 0 Å². The first-order valence-corrected chi connectivity index (χ1v) is 13.6. The Morgan fingerprint density at radius 3 is 2.47 bits per heavy atom. The van der Waals surface area contributed by atoms with Gasteiger partial charge in [0.1, 0.15) is 24.9 Å². The average molecular weight is 630 g/mol. The smallest absolute Gasteiger partial charge is 0.358 e. The van der Waals surface area contributed by atoms with E-state index in [-0.39, 0.29) is 29.3 Å². The van der Waals surface area contributed by atoms with Gasteiger partial charge in [0, 0.05) is 36.6 Å². The van der Waals surface area contributed by atoms with Crippen LogP contribution in [0.1, 0.15) is 24.5 Å². The number of rotatable bonds is 8. The molecule has 2 aromatic carbocycles. The van der Waals surface area contributed by atoms with Crippen LogP contribution in [0.4, 0.5) is 28.0 Å². The molecule has 0 radical (unpaired) electrons. The van der Waals surface area contributed by atoms with E-state index in [4.69, 9.17) is 0 Å². The number of nitrogens with one attached hydrogen (secondary N) is 3. The number of hydrogen-bond acceptors (Lipinski definition) is 6. The minimum absolute atomic E-state index is 0.0283. The topological polar surface area (TPSA) is 146 Å². The van der Waals surface area contributed by atoms with Crippen LogP contribution in [0.25, 0.3) is 11.1 Å². The number of hydrogen-bond donors (Lipinski definition) is 3. The highest BCUT2D eigenvalue weighted by molar-refractivity contribution is 6.14. The molecule has 0 bridgehead atoms. The van der Waals surface area contributed by atoms with Crippen molar-refractivity contribution < 1.29 is 41.5 Å². The number of urea groups is 1. The van der Waals surface area contributed by atoms with Crippen molar-refractivity contribution in [1.82, 2.24) is 30.2 Å². The molecule has 12 nitrogen and oxygen atoms in total. The number of benzene rings is 2. The van der Waals surface area contributed by atoms with E-state index in [9.17, 15) is 41.5 Å². The summed E-state index contributed by atoms with van der Waals surface area (Å²) in [5, 5.41) is 11.8. The molecule has 2 unspecified atom stereocenters. The van der Waals surface area contributed by atoms with Crippen LogP contribution in [0.5, 0.6) is 0 Å². The van der Waals surface area contributed by atoms with Gasteiger partial charge in [-0.2, -0.15) is 18.3 Å². The number of aromatic nitrogens is 2. The Balaban J connectivity index is 1.41. The summed E-state index contributed by atoms with van der Waals surface area (Å²) in [6, 6.07) is 5.83. The van der Waals surface area contributed by atoms with Crippen LogP contribution >= 0.6 is 0 Å². The summed E-state index contributed by atoms with van der Waals surface area (Å²) in [6.07, 6.45) is -2.25. The Bertz CT molecular complexity index is 1690. The molecule has 2 aliphatic rings. The van der Waals surface area contributed by atoms with E-state index in [2.05, 4.69) is 21.0 Å². The molecule has 6 amide bonds. The number of anilines is 1. The number of amides is 6. The van der Waals surface area contributed by atoms with Crippen LogP contribution in [-0.4, -0.2) is 75.1 Å². The fourth-order valence-electron chi connectivity index (χ4n) is 5.26. The lowest BCUT2D eigenvalue weighted by Crippen LogP contribution is -2.52. The Hall–Kier alpha value is -5.28. The summed E-state index contributed by atoms with van der Waals surface area (Å²) < 4.78 is 56.0. The van der Waals surface area contributed by atoms with Gasteiger partial charge in [-0.05, 0) is 36.2 Å². The summed E-state index contributed by atoms with van der Waals surface area (Å²) in [5.74, 6) is -3.68. The van der Waals surface area contributed by atoms with Crippen LogP contribution in [0, 0.1) is 5.82 Å². The van der Waals surface area contributed by atoms with Crippen LogP contribution in [-0.2, 0) is 37.8 Å². The summed E-state index contributed by atoms with van der Waals surface area (Å²) in [6.45, 7) is -0.869. The second-order valence-electron chi connectivity index (χ2n) is 10.7. The Morgan fingerprint density at radius 2 is 1.80 bits per heavy atom. The molecule has 3 heterocycles. The number of fused-ring (bicyclic) bond motifs is 2. The van der Waals surface area contributed by atoms with Gasteiger partial charge in [0.25, 0.3) is 5.91 Å². The summed E-state index contributed by atoms with van der Waals surface area (Å²) in [4.78, 5) is 65.6. The van der Waals surface area contributed by atoms with Crippen molar-refractivity contribution >= 4 is 35.3 Å². The van der Waals surface area contributed by atoms with E-state index in [0.717, 1.165) is 19.1 Å². The molecule has 0 saturated carbocycles. The van der Waals surface area contributed by atoms with Gasteiger partial charge in [0.05, 0.1) is 12.6 Å². The lowest BCUT2D eigenvalue weighted by Gasteiger charge is -2.34. The molecule has 45 heavy (non-hydrogen) atoms. The van der Waals surface area contributed by atoms with Crippen molar-refractivity contribution in [3.8, 4) is 11.1 Å². The molecule has 1 saturated heterocycles. The molecule has 5 rings (SSSR count). The van der Waals surface area contributed by atoms with E-state index < -0.39 is 66.8 Å². The van der Waals surface area contributed by atoms with E-state index in [0.29, 0.717) is 20.9 Å². The standard InChI is InChI=1S/C29H27F4N7O5/c1-16(29(31,32)33)39(12-17-3-6-20(30)7-4-17)25(43)15-40-26(44)28(37-27(40)45)10-23(41)36-22-9-18(5-8-21(22)28)19-11-35-38(13-19)14-24(42)34-2/h3-9,11,13,16H,10,12,14-15H2,1-2H3,(H,34,42)(H,36,41)(H,37,45). The second kappa shape index (κ2) is 11.7. The second-order valence-corrected chi connectivity index (χ2v) is 10.7. The fourth-order valence-corrected chi connectivity index (χ4v) is 5.26. The first-order chi connectivity index (χ1) is 21.2. The number of nitrogens with zero attached hydrogens (tertiary/aromatic N) is 4. The Kier molecular flexibility index (Phi) is 8.08. The van der Waals surface area contributed by atoms with Crippen molar-refractivity contribution in [3.05, 3.63) is 71.8 Å². The lowest BCUT2D eigenvalue weighted by molar-refractivity contribution is -0.187. The van der Waals surface area contributed by atoms with Gasteiger partial charge in [-0.25, -0.2) is 9.18 Å². The molecule has 3 aromatic rings. The van der Waals surface area contributed by atoms with Crippen LogP contribution < -0.4 is 16.0 Å². The molecule has 1 aromatic heterocycles. The highest BCUT2D eigenvalue weighted by Gasteiger charge is 2.57. The maximum Gasteiger partial charge on any atom is 0.408 e. The molecule has 1 spiro atoms. The van der Waals surface area contributed by atoms with Gasteiger partial charge < -0.3 is 20.9 Å². The summed E-state index contributed by atoms with van der Waals surface area (Å²) >= 11 is 0. The third-order valence-electron chi connectivity index (χ3n) is 7.73. The highest BCUT2D eigenvalue weighted by Crippen LogP contribution is 2.42. The van der Waals surface area contributed by atoms with Crippen molar-refractivity contribution in [2.75, 3.05) is 18.9 Å². The number of imide groups is 1. The molecule has 236 valence electrons. The van der Waals surface area contributed by atoms with Crippen LogP contribution in [0.2, 0.25) is 0 Å². The maximum atomic E-state index is 13.8. The van der Waals surface area contributed by atoms with Crippen molar-refractivity contribution in [3.63, 3.8) is 0 Å². The third-order valence-corrected chi connectivity index (χ3v) is 7.73. The minimum atomic E-state index is -4.84. The summed E-state index contributed by atoms with van der Waals surface area (Å²) in [7, 11) is 1.49. The number of carbonyl (C=O) groups is 5. The highest BCUT2D eigenvalue weighted by atomic mass is 19.4. The first kappa shape index (κ1) is 31.2. The largest absolute Gasteiger partial charge is 0.408 e. The van der Waals surface area contributed by atoms with Gasteiger partial charge >= 0.3 is 12.2 Å². The van der Waals surface area contributed by atoms with Gasteiger partial charge in [-0.1, -0.05) is 24.3 Å². The van der Waals surface area contributed by atoms with E-state index in [1.807, 2.05) is 0 Å². The third kappa shape index (κ3) is 6.07. The van der Waals surface area contributed by atoms with Crippen LogP contribution in [0.15, 0.2) is 54.9 Å². The maximum absolute atomic E-state index is 13.8. The number of likely N-dealkylation sites (N-methyl/N-ethyl adjacent to an activating group) is 1. The van der Waals surface area contributed by atoms with Gasteiger partial charge in [-0.15, -0.1) is 0 Å². The molecule has 2 aliphatic heterocycles. The van der Waals surface area contributed by atoms with Gasteiger partial charge in [0.2, 0.25) is 17.7 Å². The van der Waals surface area contributed by atoms with Crippen molar-refractivity contribution in [2.24, 2.45) is 0 Å². The zero-order valence-corrected chi connectivity index (χ0v) is 23.9. The Morgan fingerprint density at radius 1 is 1.09 bits per heavy atom. The SMILES string of the molecule is CNC(=O)Cn1cc(-c2ccc3c(c2)NC(=O)CC32NC(=O)N(CC(=O)N(Cc3ccc(F)cc3)C(C)C(F)(F)F)C2=O)cn1. The van der Waals surface area contributed by atoms with Gasteiger partial charge in [0.15, 0.2) is 5.54 Å². The quantitative estimate of drug-likeness (QED) is 0.258. The normalized spacial score (nSPS) is 18.4. The Labute approximate surface area is 253 Å². The number of carbonyl (C=O) groups excluding carboxylic acids is 5. The van der Waals surface area contributed by atoms with Crippen molar-refractivity contribution in [1.29, 1.82) is 0 Å². The molecule has 0 aliphatic carbocycles. The van der Waals surface area contributed by atoms with E-state index in [1.54, 1.807) is 18.3 Å². The average Bonchev–Trinajstić information content (AvgIpc) is 3.54. The monoisotopic (exact) mass is 629 g/mol. The summed E-state index contributed by atoms with van der Waals surface area (Å²) in [5.41, 5.74) is -0.159. The van der Waals surface area contributed by atoms with Crippen molar-refractivity contribution in [2.45, 2.75) is 44.2 Å². The molecular formula is C29H27F4N7O5. The van der Waals surface area contributed by atoms with Gasteiger partial charge in [-0.3, -0.25) is 28.8 Å². The predicted octanol–water partition coefficient (Wildman–Crippen LogP) is 2.50. The molecule has 3 N–H and O–H groups in total. The lowest BCUT2D eigenvalue weighted by atomic mass is 9.81. The van der Waals surface area contributed by atoms with E-state index in [1.165, 1.54) is 36.1 Å². The molecular weight excluding hydrogens is 602 g/mol.